The van der Waals surface area contributed by atoms with Crippen LogP contribution in [0.5, 0.6) is 0 Å². The molecule has 7 nitrogen and oxygen atoms in total. The summed E-state index contributed by atoms with van der Waals surface area (Å²) >= 11 is 0. The van der Waals surface area contributed by atoms with E-state index in [1.165, 1.54) is 24.3 Å². The number of benzene rings is 1. The molecule has 21 heavy (non-hydrogen) atoms. The molecule has 0 atom stereocenters. The van der Waals surface area contributed by atoms with Gasteiger partial charge in [0.05, 0.1) is 18.0 Å². The van der Waals surface area contributed by atoms with Gasteiger partial charge in [-0.1, -0.05) is 13.8 Å². The maximum atomic E-state index is 11.7. The molecule has 0 saturated heterocycles. The number of nitro benzene ring substituents is 1. The minimum Gasteiger partial charge on any atom is -0.465 e. The Morgan fingerprint density at radius 2 is 1.90 bits per heavy atom. The summed E-state index contributed by atoms with van der Waals surface area (Å²) in [6, 6.07) is 5.24. The van der Waals surface area contributed by atoms with Crippen molar-refractivity contribution < 1.29 is 19.2 Å². The third-order valence-corrected chi connectivity index (χ3v) is 2.53. The first kappa shape index (κ1) is 16.6. The highest BCUT2D eigenvalue weighted by molar-refractivity contribution is 5.94. The number of hydrogen-bond donors (Lipinski definition) is 1. The molecule has 0 bridgehead atoms. The summed E-state index contributed by atoms with van der Waals surface area (Å²) in [7, 11) is 0. The zero-order valence-corrected chi connectivity index (χ0v) is 12.0. The van der Waals surface area contributed by atoms with E-state index in [0.717, 1.165) is 0 Å². The van der Waals surface area contributed by atoms with Gasteiger partial charge in [0.1, 0.15) is 0 Å². The van der Waals surface area contributed by atoms with Crippen LogP contribution < -0.4 is 5.32 Å². The SMILES string of the molecule is CC(C)COC(=O)CCNC(=O)c1ccc([N+](=O)[O-])cc1. The van der Waals surface area contributed by atoms with Gasteiger partial charge in [0.2, 0.25) is 0 Å². The largest absolute Gasteiger partial charge is 0.465 e. The predicted octanol–water partition coefficient (Wildman–Crippen LogP) is 1.91. The van der Waals surface area contributed by atoms with Crippen molar-refractivity contribution in [1.29, 1.82) is 0 Å². The number of nitrogens with one attached hydrogen (secondary N) is 1. The molecule has 1 rings (SSSR count). The minimum absolute atomic E-state index is 0.0798. The Bertz CT molecular complexity index is 511. The Labute approximate surface area is 122 Å². The van der Waals surface area contributed by atoms with Gasteiger partial charge >= 0.3 is 5.97 Å². The Morgan fingerprint density at radius 1 is 1.29 bits per heavy atom. The first-order valence-corrected chi connectivity index (χ1v) is 6.58. The van der Waals surface area contributed by atoms with E-state index in [2.05, 4.69) is 5.32 Å². The molecular formula is C14H18N2O5. The van der Waals surface area contributed by atoms with Crippen molar-refractivity contribution in [2.75, 3.05) is 13.2 Å². The van der Waals surface area contributed by atoms with Crippen LogP contribution in [-0.2, 0) is 9.53 Å². The number of rotatable bonds is 7. The molecule has 0 aromatic heterocycles. The van der Waals surface area contributed by atoms with Gasteiger partial charge in [0, 0.05) is 24.2 Å². The number of carbonyl (C=O) groups excluding carboxylic acids is 2. The van der Waals surface area contributed by atoms with Crippen molar-refractivity contribution in [2.24, 2.45) is 5.92 Å². The lowest BCUT2D eigenvalue weighted by molar-refractivity contribution is -0.384. The lowest BCUT2D eigenvalue weighted by Gasteiger charge is -2.08. The van der Waals surface area contributed by atoms with Crippen LogP contribution in [0.15, 0.2) is 24.3 Å². The summed E-state index contributed by atoms with van der Waals surface area (Å²) in [5.74, 6) is -0.488. The summed E-state index contributed by atoms with van der Waals surface area (Å²) in [5.41, 5.74) is 0.222. The molecule has 1 N–H and O–H groups in total. The highest BCUT2D eigenvalue weighted by Crippen LogP contribution is 2.11. The van der Waals surface area contributed by atoms with Gasteiger partial charge in [-0.15, -0.1) is 0 Å². The molecule has 0 aliphatic heterocycles. The average molecular weight is 294 g/mol. The number of hydrogen-bond acceptors (Lipinski definition) is 5. The van der Waals surface area contributed by atoms with Crippen LogP contribution in [0.4, 0.5) is 5.69 Å². The molecule has 1 aromatic carbocycles. The lowest BCUT2D eigenvalue weighted by atomic mass is 10.2. The molecule has 0 radical (unpaired) electrons. The minimum atomic E-state index is -0.535. The molecule has 0 aliphatic rings. The fraction of sp³-hybridized carbons (Fsp3) is 0.429. The molecular weight excluding hydrogens is 276 g/mol. The van der Waals surface area contributed by atoms with Crippen LogP contribution in [-0.4, -0.2) is 30.0 Å². The van der Waals surface area contributed by atoms with Crippen molar-refractivity contribution in [1.82, 2.24) is 5.32 Å². The van der Waals surface area contributed by atoms with E-state index < -0.39 is 4.92 Å². The standard InChI is InChI=1S/C14H18N2O5/c1-10(2)9-21-13(17)7-8-15-14(18)11-3-5-12(6-4-11)16(19)20/h3-6,10H,7-9H2,1-2H3,(H,15,18). The summed E-state index contributed by atoms with van der Waals surface area (Å²) in [6.07, 6.45) is 0.0887. The topological polar surface area (TPSA) is 98.5 Å². The van der Waals surface area contributed by atoms with Crippen molar-refractivity contribution in [3.63, 3.8) is 0 Å². The van der Waals surface area contributed by atoms with Crippen LogP contribution in [0.3, 0.4) is 0 Å². The van der Waals surface area contributed by atoms with Crippen molar-refractivity contribution >= 4 is 17.6 Å². The highest BCUT2D eigenvalue weighted by atomic mass is 16.6. The maximum absolute atomic E-state index is 11.7. The van der Waals surface area contributed by atoms with E-state index in [9.17, 15) is 19.7 Å². The third kappa shape index (κ3) is 6.03. The van der Waals surface area contributed by atoms with Gasteiger partial charge < -0.3 is 10.1 Å². The van der Waals surface area contributed by atoms with Gasteiger partial charge in [-0.3, -0.25) is 19.7 Å². The number of carbonyl (C=O) groups is 2. The van der Waals surface area contributed by atoms with Crippen LogP contribution >= 0.6 is 0 Å². The maximum Gasteiger partial charge on any atom is 0.307 e. The molecule has 7 heteroatoms. The second-order valence-electron chi connectivity index (χ2n) is 4.89. The highest BCUT2D eigenvalue weighted by Gasteiger charge is 2.10. The van der Waals surface area contributed by atoms with Gasteiger partial charge in [-0.2, -0.15) is 0 Å². The van der Waals surface area contributed by atoms with E-state index in [1.54, 1.807) is 0 Å². The van der Waals surface area contributed by atoms with E-state index in [0.29, 0.717) is 12.2 Å². The summed E-state index contributed by atoms with van der Waals surface area (Å²) in [5, 5.41) is 13.0. The second-order valence-corrected chi connectivity index (χ2v) is 4.89. The van der Waals surface area contributed by atoms with E-state index in [4.69, 9.17) is 4.74 Å². The Kier molecular flexibility index (Phi) is 6.32. The van der Waals surface area contributed by atoms with Gasteiger partial charge in [-0.25, -0.2) is 0 Å². The number of non-ortho nitro benzene ring substituents is 1. The molecule has 0 spiro atoms. The quantitative estimate of drug-likeness (QED) is 0.470. The van der Waals surface area contributed by atoms with Crippen molar-refractivity contribution in [2.45, 2.75) is 20.3 Å². The zero-order valence-electron chi connectivity index (χ0n) is 12.0. The summed E-state index contributed by atoms with van der Waals surface area (Å²) < 4.78 is 4.97. The molecule has 0 unspecified atom stereocenters. The smallest absolute Gasteiger partial charge is 0.307 e. The number of ether oxygens (including phenoxy) is 1. The van der Waals surface area contributed by atoms with Crippen LogP contribution in [0, 0.1) is 16.0 Å². The third-order valence-electron chi connectivity index (χ3n) is 2.53. The average Bonchev–Trinajstić information content (AvgIpc) is 2.45. The monoisotopic (exact) mass is 294 g/mol. The Balaban J connectivity index is 2.37. The first-order valence-electron chi connectivity index (χ1n) is 6.58. The Morgan fingerprint density at radius 3 is 2.43 bits per heavy atom. The molecule has 114 valence electrons. The predicted molar refractivity (Wildman–Crippen MR) is 75.8 cm³/mol. The van der Waals surface area contributed by atoms with Gasteiger partial charge in [0.15, 0.2) is 0 Å². The number of nitrogens with zero attached hydrogens (tertiary/aromatic N) is 1. The summed E-state index contributed by atoms with van der Waals surface area (Å²) in [4.78, 5) is 33.0. The van der Waals surface area contributed by atoms with E-state index in [1.807, 2.05) is 13.8 Å². The lowest BCUT2D eigenvalue weighted by Crippen LogP contribution is -2.26. The van der Waals surface area contributed by atoms with Crippen LogP contribution in [0.1, 0.15) is 30.6 Å². The summed E-state index contributed by atoms with van der Waals surface area (Å²) in [6.45, 7) is 4.38. The van der Waals surface area contributed by atoms with Crippen molar-refractivity contribution in [3.05, 3.63) is 39.9 Å². The molecule has 0 heterocycles. The van der Waals surface area contributed by atoms with Crippen LogP contribution in [0.2, 0.25) is 0 Å². The number of amides is 1. The van der Waals surface area contributed by atoms with E-state index >= 15 is 0 Å². The number of nitro groups is 1. The fourth-order valence-electron chi connectivity index (χ4n) is 1.45. The van der Waals surface area contributed by atoms with Crippen molar-refractivity contribution in [3.8, 4) is 0 Å². The second kappa shape index (κ2) is 7.98. The number of esters is 1. The zero-order chi connectivity index (χ0) is 15.8. The van der Waals surface area contributed by atoms with E-state index in [-0.39, 0.29) is 36.4 Å². The molecule has 1 amide bonds. The first-order chi connectivity index (χ1) is 9.90. The Hall–Kier alpha value is -2.44. The van der Waals surface area contributed by atoms with Gasteiger partial charge in [0.25, 0.3) is 11.6 Å². The molecule has 0 fully saturated rings. The normalized spacial score (nSPS) is 10.2. The molecule has 0 aliphatic carbocycles. The molecule has 1 aromatic rings. The fourth-order valence-corrected chi connectivity index (χ4v) is 1.45. The molecule has 0 saturated carbocycles. The van der Waals surface area contributed by atoms with Crippen LogP contribution in [0.25, 0.3) is 0 Å². The van der Waals surface area contributed by atoms with Gasteiger partial charge in [-0.05, 0) is 18.1 Å².